The van der Waals surface area contributed by atoms with Crippen molar-refractivity contribution in [2.45, 2.75) is 19.3 Å². The minimum Gasteiger partial charge on any atom is -0.493 e. The molecule has 0 saturated carbocycles. The number of rotatable bonds is 9. The van der Waals surface area contributed by atoms with Gasteiger partial charge in [-0.1, -0.05) is 17.7 Å². The van der Waals surface area contributed by atoms with Crippen LogP contribution in [0.15, 0.2) is 48.5 Å². The maximum Gasteiger partial charge on any atom is 0.227 e. The van der Waals surface area contributed by atoms with Crippen LogP contribution in [0.25, 0.3) is 0 Å². The zero-order valence-corrected chi connectivity index (χ0v) is 14.5. The Kier molecular flexibility index (Phi) is 7.61. The van der Waals surface area contributed by atoms with Crippen molar-refractivity contribution in [3.05, 3.63) is 53.6 Å². The third-order valence-electron chi connectivity index (χ3n) is 3.23. The maximum absolute atomic E-state index is 12.0. The third kappa shape index (κ3) is 7.15. The normalized spacial score (nSPS) is 9.92. The molecule has 6 heteroatoms. The molecule has 0 heterocycles. The van der Waals surface area contributed by atoms with Gasteiger partial charge >= 0.3 is 0 Å². The molecule has 0 unspecified atom stereocenters. The standard InChI is InChI=1S/C19H19ClN2O3/c20-15-6-8-17(9-7-15)25-13-10-19(23)22-16-4-3-5-18(14-16)24-12-2-1-11-21/h3-9,14H,1-2,10,12-13H2,(H,22,23). The zero-order valence-electron chi connectivity index (χ0n) is 13.7. The molecular weight excluding hydrogens is 340 g/mol. The molecule has 0 aliphatic heterocycles. The van der Waals surface area contributed by atoms with Gasteiger partial charge in [0.25, 0.3) is 0 Å². The number of halogens is 1. The van der Waals surface area contributed by atoms with Crippen molar-refractivity contribution in [3.8, 4) is 17.6 Å². The van der Waals surface area contributed by atoms with Crippen LogP contribution in [0.1, 0.15) is 19.3 Å². The number of nitrogens with one attached hydrogen (secondary N) is 1. The lowest BCUT2D eigenvalue weighted by atomic mass is 10.3. The molecular formula is C19H19ClN2O3. The van der Waals surface area contributed by atoms with E-state index < -0.39 is 0 Å². The number of hydrogen-bond donors (Lipinski definition) is 1. The van der Waals surface area contributed by atoms with E-state index in [0.29, 0.717) is 41.7 Å². The Bertz CT molecular complexity index is 726. The molecule has 0 radical (unpaired) electrons. The second-order valence-corrected chi connectivity index (χ2v) is 5.67. The minimum atomic E-state index is -0.143. The second-order valence-electron chi connectivity index (χ2n) is 5.24. The molecule has 25 heavy (non-hydrogen) atoms. The highest BCUT2D eigenvalue weighted by molar-refractivity contribution is 6.30. The molecule has 0 bridgehead atoms. The lowest BCUT2D eigenvalue weighted by Gasteiger charge is -2.09. The van der Waals surface area contributed by atoms with Crippen molar-refractivity contribution < 1.29 is 14.3 Å². The highest BCUT2D eigenvalue weighted by atomic mass is 35.5. The van der Waals surface area contributed by atoms with Crippen molar-refractivity contribution in [1.82, 2.24) is 0 Å². The molecule has 0 atom stereocenters. The summed E-state index contributed by atoms with van der Waals surface area (Å²) >= 11 is 5.80. The van der Waals surface area contributed by atoms with Gasteiger partial charge in [-0.15, -0.1) is 0 Å². The van der Waals surface area contributed by atoms with Gasteiger partial charge < -0.3 is 14.8 Å². The van der Waals surface area contributed by atoms with Crippen LogP contribution < -0.4 is 14.8 Å². The van der Waals surface area contributed by atoms with Crippen molar-refractivity contribution in [3.63, 3.8) is 0 Å². The number of hydrogen-bond acceptors (Lipinski definition) is 4. The molecule has 0 saturated heterocycles. The molecule has 0 aromatic heterocycles. The molecule has 0 fully saturated rings. The predicted molar refractivity (Wildman–Crippen MR) is 97.0 cm³/mol. The van der Waals surface area contributed by atoms with Crippen LogP contribution >= 0.6 is 11.6 Å². The van der Waals surface area contributed by atoms with E-state index in [2.05, 4.69) is 11.4 Å². The summed E-state index contributed by atoms with van der Waals surface area (Å²) in [6.45, 7) is 0.748. The fourth-order valence-electron chi connectivity index (χ4n) is 2.02. The van der Waals surface area contributed by atoms with Crippen LogP contribution in [0.5, 0.6) is 11.5 Å². The van der Waals surface area contributed by atoms with Crippen LogP contribution in [-0.4, -0.2) is 19.1 Å². The SMILES string of the molecule is N#CCCCOc1cccc(NC(=O)CCOc2ccc(Cl)cc2)c1. The van der Waals surface area contributed by atoms with Crippen LogP contribution in [0.3, 0.4) is 0 Å². The quantitative estimate of drug-likeness (QED) is 0.673. The number of ether oxygens (including phenoxy) is 2. The average molecular weight is 359 g/mol. The molecule has 2 aromatic carbocycles. The van der Waals surface area contributed by atoms with Gasteiger partial charge in [-0.3, -0.25) is 4.79 Å². The van der Waals surface area contributed by atoms with Gasteiger partial charge in [0.15, 0.2) is 0 Å². The van der Waals surface area contributed by atoms with Crippen molar-refractivity contribution in [2.75, 3.05) is 18.5 Å². The summed E-state index contributed by atoms with van der Waals surface area (Å²) in [5.41, 5.74) is 0.661. The van der Waals surface area contributed by atoms with Gasteiger partial charge in [0, 0.05) is 23.2 Å². The summed E-state index contributed by atoms with van der Waals surface area (Å²) in [4.78, 5) is 12.0. The first-order valence-electron chi connectivity index (χ1n) is 7.95. The first-order chi connectivity index (χ1) is 12.2. The van der Waals surface area contributed by atoms with Crippen LogP contribution in [0.4, 0.5) is 5.69 Å². The average Bonchev–Trinajstić information content (AvgIpc) is 2.61. The number of carbonyl (C=O) groups is 1. The lowest BCUT2D eigenvalue weighted by Crippen LogP contribution is -2.15. The van der Waals surface area contributed by atoms with E-state index in [1.807, 2.05) is 6.07 Å². The van der Waals surface area contributed by atoms with Gasteiger partial charge in [-0.25, -0.2) is 0 Å². The lowest BCUT2D eigenvalue weighted by molar-refractivity contribution is -0.116. The molecule has 5 nitrogen and oxygen atoms in total. The first kappa shape index (κ1) is 18.6. The van der Waals surface area contributed by atoms with Crippen LogP contribution in [0.2, 0.25) is 5.02 Å². The van der Waals surface area contributed by atoms with E-state index in [9.17, 15) is 4.79 Å². The van der Waals surface area contributed by atoms with Gasteiger partial charge in [-0.2, -0.15) is 5.26 Å². The summed E-state index contributed by atoms with van der Waals surface area (Å²) in [7, 11) is 0. The van der Waals surface area contributed by atoms with Crippen molar-refractivity contribution in [1.29, 1.82) is 5.26 Å². The molecule has 2 aromatic rings. The molecule has 1 N–H and O–H groups in total. The fraction of sp³-hybridized carbons (Fsp3) is 0.263. The summed E-state index contributed by atoms with van der Waals surface area (Å²) in [5, 5.41) is 11.9. The zero-order chi connectivity index (χ0) is 17.9. The molecule has 2 rings (SSSR count). The summed E-state index contributed by atoms with van der Waals surface area (Å²) in [5.74, 6) is 1.19. The molecule has 0 aliphatic rings. The van der Waals surface area contributed by atoms with E-state index in [4.69, 9.17) is 26.3 Å². The maximum atomic E-state index is 12.0. The Hall–Kier alpha value is -2.71. The number of amides is 1. The van der Waals surface area contributed by atoms with E-state index in [1.54, 1.807) is 42.5 Å². The van der Waals surface area contributed by atoms with Crippen molar-refractivity contribution in [2.24, 2.45) is 0 Å². The third-order valence-corrected chi connectivity index (χ3v) is 3.48. The number of anilines is 1. The Morgan fingerprint density at radius 2 is 1.84 bits per heavy atom. The summed E-state index contributed by atoms with van der Waals surface area (Å²) in [6, 6.07) is 16.2. The summed E-state index contributed by atoms with van der Waals surface area (Å²) < 4.78 is 11.0. The predicted octanol–water partition coefficient (Wildman–Crippen LogP) is 4.43. The molecule has 0 spiro atoms. The highest BCUT2D eigenvalue weighted by Gasteiger charge is 2.04. The van der Waals surface area contributed by atoms with E-state index in [0.717, 1.165) is 0 Å². The Labute approximate surface area is 152 Å². The molecule has 0 aliphatic carbocycles. The van der Waals surface area contributed by atoms with Gasteiger partial charge in [0.1, 0.15) is 11.5 Å². The van der Waals surface area contributed by atoms with Crippen molar-refractivity contribution >= 4 is 23.2 Å². The van der Waals surface area contributed by atoms with Gasteiger partial charge in [-0.05, 0) is 42.8 Å². The molecule has 1 amide bonds. The minimum absolute atomic E-state index is 0.143. The number of nitrogens with zero attached hydrogens (tertiary/aromatic N) is 1. The molecule has 130 valence electrons. The number of nitriles is 1. The topological polar surface area (TPSA) is 71.3 Å². The second kappa shape index (κ2) is 10.2. The highest BCUT2D eigenvalue weighted by Crippen LogP contribution is 2.18. The van der Waals surface area contributed by atoms with E-state index in [-0.39, 0.29) is 18.9 Å². The van der Waals surface area contributed by atoms with Crippen LogP contribution in [0, 0.1) is 11.3 Å². The van der Waals surface area contributed by atoms with Gasteiger partial charge in [0.05, 0.1) is 25.7 Å². The van der Waals surface area contributed by atoms with Gasteiger partial charge in [0.2, 0.25) is 5.91 Å². The monoisotopic (exact) mass is 358 g/mol. The first-order valence-corrected chi connectivity index (χ1v) is 8.33. The number of benzene rings is 2. The number of unbranched alkanes of at least 4 members (excludes halogenated alkanes) is 1. The van der Waals surface area contributed by atoms with Crippen LogP contribution in [-0.2, 0) is 4.79 Å². The summed E-state index contributed by atoms with van der Waals surface area (Å²) in [6.07, 6.45) is 1.37. The smallest absolute Gasteiger partial charge is 0.227 e. The fourth-order valence-corrected chi connectivity index (χ4v) is 2.15. The Morgan fingerprint density at radius 3 is 2.60 bits per heavy atom. The Morgan fingerprint density at radius 1 is 1.08 bits per heavy atom. The van der Waals surface area contributed by atoms with E-state index >= 15 is 0 Å². The number of carbonyl (C=O) groups excluding carboxylic acids is 1. The Balaban J connectivity index is 1.74. The largest absolute Gasteiger partial charge is 0.493 e. The van der Waals surface area contributed by atoms with E-state index in [1.165, 1.54) is 0 Å².